The fourth-order valence-electron chi connectivity index (χ4n) is 2.93. The summed E-state index contributed by atoms with van der Waals surface area (Å²) in [7, 11) is 0. The average molecular weight is 348 g/mol. The van der Waals surface area contributed by atoms with Crippen LogP contribution in [-0.4, -0.2) is 46.6 Å². The number of likely N-dealkylation sites (N-methyl/N-ethyl adjacent to an activating group) is 1. The number of amides is 1. The Balaban J connectivity index is 1.65. The van der Waals surface area contributed by atoms with Gasteiger partial charge in [-0.05, 0) is 40.2 Å². The Bertz CT molecular complexity index is 714. The van der Waals surface area contributed by atoms with Crippen LogP contribution in [0.5, 0.6) is 0 Å². The van der Waals surface area contributed by atoms with E-state index in [1.54, 1.807) is 0 Å². The zero-order valence-corrected chi connectivity index (χ0v) is 15.5. The molecule has 1 saturated carbocycles. The number of carbonyl (C=O) groups excluding carboxylic acids is 1. The van der Waals surface area contributed by atoms with Gasteiger partial charge in [0.25, 0.3) is 5.91 Å². The smallest absolute Gasteiger partial charge is 0.263 e. The summed E-state index contributed by atoms with van der Waals surface area (Å²) in [5, 5.41) is 7.78. The van der Waals surface area contributed by atoms with Crippen LogP contribution >= 0.6 is 11.3 Å². The minimum absolute atomic E-state index is 0.0464. The summed E-state index contributed by atoms with van der Waals surface area (Å²) in [5.74, 6) is 0.686. The zero-order chi connectivity index (χ0) is 17.3. The van der Waals surface area contributed by atoms with Crippen molar-refractivity contribution in [2.45, 2.75) is 46.6 Å². The molecule has 2 aromatic heterocycles. The van der Waals surface area contributed by atoms with Crippen molar-refractivity contribution in [3.8, 4) is 10.6 Å². The first-order chi connectivity index (χ1) is 11.5. The molecule has 0 aliphatic heterocycles. The number of rotatable bonds is 7. The Morgan fingerprint density at radius 2 is 2.08 bits per heavy atom. The van der Waals surface area contributed by atoms with Gasteiger partial charge in [-0.3, -0.25) is 9.69 Å². The van der Waals surface area contributed by atoms with Crippen LogP contribution in [0.25, 0.3) is 10.6 Å². The third-order valence-electron chi connectivity index (χ3n) is 4.40. The second-order valence-electron chi connectivity index (χ2n) is 6.25. The van der Waals surface area contributed by atoms with Gasteiger partial charge in [-0.25, -0.2) is 4.98 Å². The third-order valence-corrected chi connectivity index (χ3v) is 5.58. The maximum absolute atomic E-state index is 12.5. The quantitative estimate of drug-likeness (QED) is 0.833. The first-order valence-electron chi connectivity index (χ1n) is 8.44. The van der Waals surface area contributed by atoms with Gasteiger partial charge in [0.2, 0.25) is 0 Å². The number of hydrogen-bond acceptors (Lipinski definition) is 6. The lowest BCUT2D eigenvalue weighted by Crippen LogP contribution is -2.36. The Kier molecular flexibility index (Phi) is 5.01. The van der Waals surface area contributed by atoms with Crippen LogP contribution in [0.2, 0.25) is 0 Å². The van der Waals surface area contributed by atoms with Gasteiger partial charge in [0.05, 0.1) is 17.0 Å². The van der Waals surface area contributed by atoms with Crippen LogP contribution in [0.4, 0.5) is 0 Å². The molecular weight excluding hydrogens is 324 g/mol. The number of aryl methyl sites for hydroxylation is 3. The summed E-state index contributed by atoms with van der Waals surface area (Å²) in [6.45, 7) is 10.4. The highest BCUT2D eigenvalue weighted by molar-refractivity contribution is 7.17. The molecular formula is C17H24N4O2S. The number of aromatic nitrogens is 2. The summed E-state index contributed by atoms with van der Waals surface area (Å²) >= 11 is 1.40. The van der Waals surface area contributed by atoms with Crippen LogP contribution in [-0.2, 0) is 0 Å². The number of thiazole rings is 1. The second-order valence-corrected chi connectivity index (χ2v) is 7.25. The second kappa shape index (κ2) is 7.03. The molecule has 6 nitrogen and oxygen atoms in total. The van der Waals surface area contributed by atoms with E-state index in [0.29, 0.717) is 11.4 Å². The highest BCUT2D eigenvalue weighted by Crippen LogP contribution is 2.32. The predicted octanol–water partition coefficient (Wildman–Crippen LogP) is 2.94. The molecule has 0 atom stereocenters. The Morgan fingerprint density at radius 1 is 1.33 bits per heavy atom. The molecule has 0 spiro atoms. The average Bonchev–Trinajstić information content (AvgIpc) is 3.24. The first kappa shape index (κ1) is 17.1. The lowest BCUT2D eigenvalue weighted by atomic mass is 10.2. The highest BCUT2D eigenvalue weighted by Gasteiger charge is 2.27. The molecule has 1 aliphatic carbocycles. The van der Waals surface area contributed by atoms with E-state index in [2.05, 4.69) is 27.3 Å². The first-order valence-corrected chi connectivity index (χ1v) is 9.25. The van der Waals surface area contributed by atoms with E-state index in [1.165, 1.54) is 24.2 Å². The largest absolute Gasteiger partial charge is 0.361 e. The van der Waals surface area contributed by atoms with E-state index in [-0.39, 0.29) is 5.91 Å². The minimum atomic E-state index is -0.0464. The molecule has 1 N–H and O–H groups in total. The van der Waals surface area contributed by atoms with Crippen molar-refractivity contribution in [3.05, 3.63) is 22.0 Å². The van der Waals surface area contributed by atoms with Crippen molar-refractivity contribution >= 4 is 17.2 Å². The molecule has 1 aliphatic rings. The summed E-state index contributed by atoms with van der Waals surface area (Å²) in [6, 6.07) is 0.725. The van der Waals surface area contributed by atoms with Gasteiger partial charge >= 0.3 is 0 Å². The van der Waals surface area contributed by atoms with Crippen molar-refractivity contribution in [1.29, 1.82) is 0 Å². The fourth-order valence-corrected chi connectivity index (χ4v) is 4.06. The van der Waals surface area contributed by atoms with Crippen LogP contribution in [0.3, 0.4) is 0 Å². The van der Waals surface area contributed by atoms with E-state index in [9.17, 15) is 4.79 Å². The van der Waals surface area contributed by atoms with Gasteiger partial charge in [0.1, 0.15) is 15.6 Å². The molecule has 2 aromatic rings. The van der Waals surface area contributed by atoms with Crippen molar-refractivity contribution in [2.24, 2.45) is 0 Å². The van der Waals surface area contributed by atoms with Crippen LogP contribution < -0.4 is 5.32 Å². The Labute approximate surface area is 146 Å². The van der Waals surface area contributed by atoms with Gasteiger partial charge in [-0.15, -0.1) is 11.3 Å². The van der Waals surface area contributed by atoms with Crippen molar-refractivity contribution in [1.82, 2.24) is 20.4 Å². The maximum Gasteiger partial charge on any atom is 0.263 e. The molecule has 1 amide bonds. The zero-order valence-electron chi connectivity index (χ0n) is 14.7. The van der Waals surface area contributed by atoms with E-state index < -0.39 is 0 Å². The van der Waals surface area contributed by atoms with Gasteiger partial charge < -0.3 is 9.84 Å². The van der Waals surface area contributed by atoms with Crippen molar-refractivity contribution in [3.63, 3.8) is 0 Å². The molecule has 0 bridgehead atoms. The third kappa shape index (κ3) is 3.52. The van der Waals surface area contributed by atoms with Crippen LogP contribution in [0.1, 0.15) is 46.6 Å². The van der Waals surface area contributed by atoms with Gasteiger partial charge in [0, 0.05) is 19.1 Å². The molecule has 0 unspecified atom stereocenters. The predicted molar refractivity (Wildman–Crippen MR) is 94.4 cm³/mol. The standard InChI is InChI=1S/C17H24N4O2S/c1-5-21(13-6-7-13)9-8-18-16(22)15-11(3)19-17(24-15)14-10(2)20-23-12(14)4/h13H,5-9H2,1-4H3,(H,18,22). The van der Waals surface area contributed by atoms with Crippen molar-refractivity contribution in [2.75, 3.05) is 19.6 Å². The van der Waals surface area contributed by atoms with E-state index in [0.717, 1.165) is 46.9 Å². The fraction of sp³-hybridized carbons (Fsp3) is 0.588. The van der Waals surface area contributed by atoms with Gasteiger partial charge in [-0.2, -0.15) is 0 Å². The summed E-state index contributed by atoms with van der Waals surface area (Å²) < 4.78 is 5.20. The maximum atomic E-state index is 12.5. The molecule has 0 saturated heterocycles. The molecule has 3 rings (SSSR count). The lowest BCUT2D eigenvalue weighted by molar-refractivity contribution is 0.0951. The molecule has 2 heterocycles. The van der Waals surface area contributed by atoms with Crippen LogP contribution in [0, 0.1) is 20.8 Å². The molecule has 7 heteroatoms. The highest BCUT2D eigenvalue weighted by atomic mass is 32.1. The molecule has 130 valence electrons. The van der Waals surface area contributed by atoms with Crippen molar-refractivity contribution < 1.29 is 9.32 Å². The lowest BCUT2D eigenvalue weighted by Gasteiger charge is -2.19. The van der Waals surface area contributed by atoms with E-state index in [1.807, 2.05) is 20.8 Å². The van der Waals surface area contributed by atoms with E-state index in [4.69, 9.17) is 4.52 Å². The summed E-state index contributed by atoms with van der Waals surface area (Å²) in [6.07, 6.45) is 2.58. The normalized spacial score (nSPS) is 14.4. The van der Waals surface area contributed by atoms with Crippen LogP contribution in [0.15, 0.2) is 4.52 Å². The van der Waals surface area contributed by atoms with Gasteiger partial charge in [-0.1, -0.05) is 12.1 Å². The topological polar surface area (TPSA) is 71.3 Å². The number of nitrogens with one attached hydrogen (secondary N) is 1. The Hall–Kier alpha value is -1.73. The van der Waals surface area contributed by atoms with E-state index >= 15 is 0 Å². The summed E-state index contributed by atoms with van der Waals surface area (Å²) in [4.78, 5) is 20.1. The molecule has 0 radical (unpaired) electrons. The number of hydrogen-bond donors (Lipinski definition) is 1. The molecule has 24 heavy (non-hydrogen) atoms. The number of carbonyl (C=O) groups is 1. The summed E-state index contributed by atoms with van der Waals surface area (Å²) in [5.41, 5.74) is 2.45. The SMILES string of the molecule is CCN(CCNC(=O)c1sc(-c2c(C)noc2C)nc1C)C1CC1. The minimum Gasteiger partial charge on any atom is -0.361 e. The monoisotopic (exact) mass is 348 g/mol. The Morgan fingerprint density at radius 3 is 2.67 bits per heavy atom. The molecule has 1 fully saturated rings. The molecule has 0 aromatic carbocycles. The van der Waals surface area contributed by atoms with Gasteiger partial charge in [0.15, 0.2) is 0 Å². The number of nitrogens with zero attached hydrogens (tertiary/aromatic N) is 3.